The van der Waals surface area contributed by atoms with E-state index in [2.05, 4.69) is 27.9 Å². The zero-order valence-corrected chi connectivity index (χ0v) is 23.7. The first-order valence-corrected chi connectivity index (χ1v) is 13.7. The summed E-state index contributed by atoms with van der Waals surface area (Å²) in [6.45, 7) is 0.565. The fourth-order valence-electron chi connectivity index (χ4n) is 4.80. The summed E-state index contributed by atoms with van der Waals surface area (Å²) < 4.78 is 23.1. The summed E-state index contributed by atoms with van der Waals surface area (Å²) >= 11 is 2.05. The molecule has 4 N–H and O–H groups in total. The predicted molar refractivity (Wildman–Crippen MR) is 147 cm³/mol. The van der Waals surface area contributed by atoms with E-state index in [0.29, 0.717) is 39.2 Å². The maximum atomic E-state index is 13.7. The first-order valence-electron chi connectivity index (χ1n) is 12.7. The average Bonchev–Trinajstić information content (AvgIpc) is 3.67. The van der Waals surface area contributed by atoms with Gasteiger partial charge in [-0.3, -0.25) is 9.59 Å². The lowest BCUT2D eigenvalue weighted by Gasteiger charge is -2.41. The number of hydrogen-bond donors (Lipinski definition) is 4. The van der Waals surface area contributed by atoms with Crippen LogP contribution in [0.25, 0.3) is 0 Å². The lowest BCUT2D eigenvalue weighted by atomic mass is 9.87. The number of benzene rings is 1. The monoisotopic (exact) mass is 656 g/mol. The molecule has 1 fully saturated rings. The summed E-state index contributed by atoms with van der Waals surface area (Å²) in [7, 11) is 1.47. The third-order valence-electron chi connectivity index (χ3n) is 6.84. The molecule has 212 valence electrons. The molecular formula is C27H33IN2O9. The number of ether oxygens (including phenoxy) is 3. The molecule has 2 amide bonds. The predicted octanol–water partition coefficient (Wildman–Crippen LogP) is 1.37. The Kier molecular flexibility index (Phi) is 10.2. The van der Waals surface area contributed by atoms with Crippen molar-refractivity contribution in [2.45, 2.75) is 44.2 Å². The topological polar surface area (TPSA) is 151 Å². The third kappa shape index (κ3) is 6.92. The molecule has 1 saturated heterocycles. The van der Waals surface area contributed by atoms with Crippen LogP contribution in [0, 0.1) is 9.49 Å². The summed E-state index contributed by atoms with van der Waals surface area (Å²) in [5.41, 5.74) is 1.68. The number of aliphatic hydroxyl groups is 3. The molecule has 1 aromatic heterocycles. The minimum absolute atomic E-state index is 0.0559. The van der Waals surface area contributed by atoms with E-state index in [-0.39, 0.29) is 51.2 Å². The van der Waals surface area contributed by atoms with Crippen LogP contribution in [0.2, 0.25) is 0 Å². The number of carbonyl (C=O) groups is 2. The lowest BCUT2D eigenvalue weighted by molar-refractivity contribution is -0.143. The first kappa shape index (κ1) is 29.3. The maximum Gasteiger partial charge on any atom is 0.247 e. The molecular weight excluding hydrogens is 623 g/mol. The molecule has 2 heterocycles. The van der Waals surface area contributed by atoms with Crippen molar-refractivity contribution in [1.29, 1.82) is 0 Å². The molecule has 1 aliphatic carbocycles. The van der Waals surface area contributed by atoms with Gasteiger partial charge in [-0.1, -0.05) is 0 Å². The van der Waals surface area contributed by atoms with Crippen molar-refractivity contribution < 1.29 is 43.5 Å². The van der Waals surface area contributed by atoms with Crippen molar-refractivity contribution >= 4 is 34.4 Å². The van der Waals surface area contributed by atoms with Crippen LogP contribution < -0.4 is 14.8 Å². The quantitative estimate of drug-likeness (QED) is 0.263. The molecule has 0 spiro atoms. The third-order valence-corrected chi connectivity index (χ3v) is 7.64. The fraction of sp³-hybridized carbons (Fsp3) is 0.481. The van der Waals surface area contributed by atoms with Gasteiger partial charge < -0.3 is 44.2 Å². The van der Waals surface area contributed by atoms with Gasteiger partial charge in [-0.15, -0.1) is 0 Å². The van der Waals surface area contributed by atoms with Gasteiger partial charge in [0.05, 0.1) is 55.0 Å². The van der Waals surface area contributed by atoms with E-state index in [1.54, 1.807) is 29.2 Å². The van der Waals surface area contributed by atoms with E-state index in [1.165, 1.54) is 19.6 Å². The fourth-order valence-corrected chi connectivity index (χ4v) is 5.59. The summed E-state index contributed by atoms with van der Waals surface area (Å²) in [4.78, 5) is 28.3. The minimum atomic E-state index is -1.20. The normalized spacial score (nSPS) is 22.7. The molecule has 1 aliphatic heterocycles. The Hall–Kier alpha value is -2.65. The van der Waals surface area contributed by atoms with Gasteiger partial charge in [-0.05, 0) is 58.9 Å². The Morgan fingerprint density at radius 1 is 1.26 bits per heavy atom. The van der Waals surface area contributed by atoms with Crippen LogP contribution >= 0.6 is 22.6 Å². The van der Waals surface area contributed by atoms with Crippen LogP contribution in [-0.2, 0) is 27.5 Å². The number of amides is 2. The zero-order valence-electron chi connectivity index (χ0n) is 21.5. The molecule has 0 bridgehead atoms. The highest BCUT2D eigenvalue weighted by molar-refractivity contribution is 14.1. The number of rotatable bonds is 11. The Bertz CT molecular complexity index is 1160. The van der Waals surface area contributed by atoms with Crippen LogP contribution in [-0.4, -0.2) is 83.8 Å². The number of halogens is 1. The van der Waals surface area contributed by atoms with Gasteiger partial charge in [0.2, 0.25) is 11.8 Å². The van der Waals surface area contributed by atoms with Crippen LogP contribution in [0.5, 0.6) is 11.5 Å². The Morgan fingerprint density at radius 3 is 2.72 bits per heavy atom. The summed E-state index contributed by atoms with van der Waals surface area (Å²) in [5, 5.41) is 33.1. The van der Waals surface area contributed by atoms with Crippen molar-refractivity contribution in [1.82, 2.24) is 10.2 Å². The molecule has 4 atom stereocenters. The van der Waals surface area contributed by atoms with E-state index in [4.69, 9.17) is 18.6 Å². The number of furan rings is 1. The smallest absolute Gasteiger partial charge is 0.247 e. The number of carbonyl (C=O) groups excluding carboxylic acids is 2. The lowest BCUT2D eigenvalue weighted by Crippen LogP contribution is -2.56. The van der Waals surface area contributed by atoms with Gasteiger partial charge in [0.15, 0.2) is 11.5 Å². The second kappa shape index (κ2) is 13.6. The average molecular weight is 656 g/mol. The number of aliphatic hydroxyl groups excluding tert-OH is 3. The van der Waals surface area contributed by atoms with Crippen LogP contribution in [0.4, 0.5) is 0 Å². The van der Waals surface area contributed by atoms with Crippen molar-refractivity contribution in [3.05, 3.63) is 57.1 Å². The van der Waals surface area contributed by atoms with Crippen molar-refractivity contribution in [3.8, 4) is 11.5 Å². The van der Waals surface area contributed by atoms with Gasteiger partial charge in [0, 0.05) is 37.3 Å². The van der Waals surface area contributed by atoms with Crippen LogP contribution in [0.15, 0.2) is 46.8 Å². The largest absolute Gasteiger partial charge is 0.493 e. The molecule has 2 aliphatic rings. The molecule has 4 rings (SSSR count). The second-order valence-corrected chi connectivity index (χ2v) is 10.6. The van der Waals surface area contributed by atoms with E-state index >= 15 is 0 Å². The number of hydrogen-bond acceptors (Lipinski definition) is 9. The summed E-state index contributed by atoms with van der Waals surface area (Å²) in [5.74, 6) is -0.287. The molecule has 39 heavy (non-hydrogen) atoms. The Labute approximate surface area is 239 Å². The maximum absolute atomic E-state index is 13.7. The molecule has 2 aromatic rings. The van der Waals surface area contributed by atoms with E-state index in [9.17, 15) is 24.9 Å². The minimum Gasteiger partial charge on any atom is -0.493 e. The van der Waals surface area contributed by atoms with Gasteiger partial charge in [-0.2, -0.15) is 0 Å². The highest BCUT2D eigenvalue weighted by Crippen LogP contribution is 2.37. The van der Waals surface area contributed by atoms with Gasteiger partial charge >= 0.3 is 0 Å². The van der Waals surface area contributed by atoms with Gasteiger partial charge in [0.1, 0.15) is 12.2 Å². The molecule has 1 aromatic carbocycles. The summed E-state index contributed by atoms with van der Waals surface area (Å²) in [6, 6.07) is 4.31. The number of nitrogens with zero attached hydrogens (tertiary/aromatic N) is 1. The first-order chi connectivity index (χ1) is 18.9. The SMILES string of the molecule is COc1cc(CO)cc(I)c1OC1C=C(C(=O)NCCO)CC(N(Cc2ccoc2)C(=O)C2CCOC2)C1O. The second-order valence-electron chi connectivity index (χ2n) is 9.44. The zero-order chi connectivity index (χ0) is 27.9. The van der Waals surface area contributed by atoms with E-state index in [0.717, 1.165) is 5.56 Å². The van der Waals surface area contributed by atoms with Crippen molar-refractivity contribution in [3.63, 3.8) is 0 Å². The molecule has 0 radical (unpaired) electrons. The molecule has 11 nitrogen and oxygen atoms in total. The highest BCUT2D eigenvalue weighted by Gasteiger charge is 2.43. The van der Waals surface area contributed by atoms with Gasteiger partial charge in [0.25, 0.3) is 0 Å². The molecule has 4 unspecified atom stereocenters. The Balaban J connectivity index is 1.71. The Morgan fingerprint density at radius 2 is 2.08 bits per heavy atom. The van der Waals surface area contributed by atoms with Crippen LogP contribution in [0.1, 0.15) is 24.0 Å². The summed E-state index contributed by atoms with van der Waals surface area (Å²) in [6.07, 6.45) is 3.02. The van der Waals surface area contributed by atoms with Crippen LogP contribution in [0.3, 0.4) is 0 Å². The standard InChI is InChI=1S/C27H33IN2O9/c1-36-23-9-17(13-32)8-20(28)25(23)39-22-11-19(26(34)29-4-5-31)10-21(24(22)33)30(12-16-2-6-37-14-16)27(35)18-3-7-38-15-18/h2,6,8-9,11,14,18,21-22,24,31-33H,3-5,7,10,12-13,15H2,1H3,(H,29,34). The number of nitrogens with one attached hydrogen (secondary N) is 1. The van der Waals surface area contributed by atoms with E-state index in [1.807, 2.05) is 0 Å². The number of methoxy groups -OCH3 is 1. The van der Waals surface area contributed by atoms with Crippen molar-refractivity contribution in [2.75, 3.05) is 33.5 Å². The van der Waals surface area contributed by atoms with Crippen molar-refractivity contribution in [2.24, 2.45) is 5.92 Å². The highest BCUT2D eigenvalue weighted by atomic mass is 127. The molecule has 0 saturated carbocycles. The van der Waals surface area contributed by atoms with E-state index < -0.39 is 24.2 Å². The molecule has 12 heteroatoms. The van der Waals surface area contributed by atoms with Gasteiger partial charge in [-0.25, -0.2) is 0 Å².